The largest absolute Gasteiger partial charge is 0.497 e. The third kappa shape index (κ3) is 4.72. The molecule has 7 heteroatoms. The van der Waals surface area contributed by atoms with Crippen LogP contribution in [0.4, 0.5) is 5.00 Å². The molecule has 6 nitrogen and oxygen atoms in total. The van der Waals surface area contributed by atoms with E-state index in [-0.39, 0.29) is 5.91 Å². The van der Waals surface area contributed by atoms with Gasteiger partial charge in [-0.1, -0.05) is 0 Å². The Labute approximate surface area is 169 Å². The second-order valence-corrected chi connectivity index (χ2v) is 8.39. The maximum atomic E-state index is 12.7. The second kappa shape index (κ2) is 8.75. The molecular formula is C21H27N2O4S+. The van der Waals surface area contributed by atoms with Gasteiger partial charge in [0.2, 0.25) is 0 Å². The van der Waals surface area contributed by atoms with Gasteiger partial charge < -0.3 is 19.7 Å². The number of amides is 1. The summed E-state index contributed by atoms with van der Waals surface area (Å²) in [6.07, 6.45) is 2.28. The topological polar surface area (TPSA) is 69.1 Å². The van der Waals surface area contributed by atoms with Crippen molar-refractivity contribution in [3.8, 4) is 5.75 Å². The fourth-order valence-electron chi connectivity index (χ4n) is 3.29. The van der Waals surface area contributed by atoms with Gasteiger partial charge in [-0.25, -0.2) is 4.79 Å². The van der Waals surface area contributed by atoms with E-state index in [0.717, 1.165) is 35.6 Å². The minimum absolute atomic E-state index is 0.0817. The Bertz CT molecular complexity index is 856. The fourth-order valence-corrected chi connectivity index (χ4v) is 4.35. The molecule has 1 heterocycles. The normalized spacial score (nSPS) is 14.4. The molecule has 1 amide bonds. The molecule has 0 aliphatic heterocycles. The van der Waals surface area contributed by atoms with Crippen molar-refractivity contribution in [1.29, 1.82) is 0 Å². The van der Waals surface area contributed by atoms with Crippen LogP contribution in [-0.4, -0.2) is 38.7 Å². The van der Waals surface area contributed by atoms with E-state index < -0.39 is 5.97 Å². The molecule has 1 aromatic heterocycles. The lowest BCUT2D eigenvalue weighted by Gasteiger charge is -2.19. The van der Waals surface area contributed by atoms with E-state index >= 15 is 0 Å². The highest BCUT2D eigenvalue weighted by Gasteiger charge is 2.35. The summed E-state index contributed by atoms with van der Waals surface area (Å²) in [4.78, 5) is 27.1. The highest BCUT2D eigenvalue weighted by atomic mass is 32.1. The van der Waals surface area contributed by atoms with Crippen LogP contribution in [0.3, 0.4) is 0 Å². The number of anilines is 1. The molecule has 0 radical (unpaired) electrons. The van der Waals surface area contributed by atoms with E-state index in [1.54, 1.807) is 7.11 Å². The Kier molecular flexibility index (Phi) is 6.36. The molecule has 1 saturated carbocycles. The van der Waals surface area contributed by atoms with Crippen LogP contribution >= 0.6 is 11.3 Å². The summed E-state index contributed by atoms with van der Waals surface area (Å²) < 4.78 is 10.1. The molecular weight excluding hydrogens is 376 g/mol. The van der Waals surface area contributed by atoms with Crippen molar-refractivity contribution in [2.45, 2.75) is 39.3 Å². The Morgan fingerprint density at radius 3 is 2.43 bits per heavy atom. The van der Waals surface area contributed by atoms with Crippen molar-refractivity contribution in [3.63, 3.8) is 0 Å². The van der Waals surface area contributed by atoms with Crippen molar-refractivity contribution in [2.75, 3.05) is 26.1 Å². The summed E-state index contributed by atoms with van der Waals surface area (Å²) in [5.41, 5.74) is 2.49. The average Bonchev–Trinajstić information content (AvgIpc) is 3.49. The molecule has 1 unspecified atom stereocenters. The SMILES string of the molecule is COC(=O)c1c(NC(=O)C[NH+](Cc2ccc(OC)cc2)C2CC2)sc(C)c1C. The summed E-state index contributed by atoms with van der Waals surface area (Å²) in [5, 5.41) is 3.52. The van der Waals surface area contributed by atoms with E-state index in [0.29, 0.717) is 23.2 Å². The summed E-state index contributed by atoms with van der Waals surface area (Å²) in [5.74, 6) is 0.330. The first-order chi connectivity index (χ1) is 13.4. The minimum atomic E-state index is -0.415. The zero-order chi connectivity index (χ0) is 20.3. The first-order valence-corrected chi connectivity index (χ1v) is 10.2. The van der Waals surface area contributed by atoms with Gasteiger partial charge in [0.05, 0.1) is 25.8 Å². The van der Waals surface area contributed by atoms with Crippen molar-refractivity contribution in [1.82, 2.24) is 0 Å². The molecule has 28 heavy (non-hydrogen) atoms. The number of methoxy groups -OCH3 is 2. The van der Waals surface area contributed by atoms with E-state index in [4.69, 9.17) is 9.47 Å². The fraction of sp³-hybridized carbons (Fsp3) is 0.429. The lowest BCUT2D eigenvalue weighted by molar-refractivity contribution is -0.916. The number of hydrogen-bond donors (Lipinski definition) is 2. The number of benzene rings is 1. The number of ether oxygens (including phenoxy) is 2. The number of nitrogens with one attached hydrogen (secondary N) is 2. The van der Waals surface area contributed by atoms with Crippen LogP contribution in [0.25, 0.3) is 0 Å². The van der Waals surface area contributed by atoms with Gasteiger partial charge >= 0.3 is 5.97 Å². The van der Waals surface area contributed by atoms with Gasteiger partial charge in [-0.05, 0) is 43.7 Å². The Morgan fingerprint density at radius 1 is 1.18 bits per heavy atom. The molecule has 2 aromatic rings. The van der Waals surface area contributed by atoms with E-state index in [9.17, 15) is 9.59 Å². The molecule has 1 aromatic carbocycles. The van der Waals surface area contributed by atoms with E-state index in [1.807, 2.05) is 38.1 Å². The van der Waals surface area contributed by atoms with E-state index in [1.165, 1.54) is 28.9 Å². The molecule has 1 atom stereocenters. The highest BCUT2D eigenvalue weighted by molar-refractivity contribution is 7.16. The predicted molar refractivity (Wildman–Crippen MR) is 109 cm³/mol. The van der Waals surface area contributed by atoms with Gasteiger partial charge in [0.1, 0.15) is 17.3 Å². The molecule has 1 aliphatic carbocycles. The van der Waals surface area contributed by atoms with Crippen LogP contribution in [0.15, 0.2) is 24.3 Å². The Balaban J connectivity index is 1.68. The third-order valence-corrected chi connectivity index (χ3v) is 6.28. The molecule has 0 bridgehead atoms. The van der Waals surface area contributed by atoms with Crippen molar-refractivity contribution >= 4 is 28.2 Å². The molecule has 1 fully saturated rings. The third-order valence-electron chi connectivity index (χ3n) is 5.16. The molecule has 150 valence electrons. The lowest BCUT2D eigenvalue weighted by atomic mass is 10.1. The number of carbonyl (C=O) groups excluding carboxylic acids is 2. The standard InChI is InChI=1S/C21H26N2O4S/c1-13-14(2)28-20(19(13)21(25)27-4)22-18(24)12-23(16-7-8-16)11-15-5-9-17(26-3)10-6-15/h5-6,9-10,16H,7-8,11-12H2,1-4H3,(H,22,24)/p+1. The van der Waals surface area contributed by atoms with Crippen LogP contribution in [-0.2, 0) is 16.1 Å². The molecule has 1 aliphatic rings. The van der Waals surface area contributed by atoms with Gasteiger partial charge in [0.15, 0.2) is 6.54 Å². The molecule has 0 saturated heterocycles. The number of thiophene rings is 1. The summed E-state index contributed by atoms with van der Waals surface area (Å²) >= 11 is 1.42. The number of hydrogen-bond acceptors (Lipinski definition) is 5. The zero-order valence-electron chi connectivity index (χ0n) is 16.8. The number of quaternary nitrogens is 1. The smallest absolute Gasteiger partial charge is 0.341 e. The van der Waals surface area contributed by atoms with Gasteiger partial charge in [-0.15, -0.1) is 11.3 Å². The number of rotatable bonds is 8. The summed E-state index contributed by atoms with van der Waals surface area (Å²) in [7, 11) is 3.01. The number of aryl methyl sites for hydroxylation is 1. The second-order valence-electron chi connectivity index (χ2n) is 7.16. The first kappa shape index (κ1) is 20.4. The summed E-state index contributed by atoms with van der Waals surface area (Å²) in [6.45, 7) is 4.97. The average molecular weight is 404 g/mol. The predicted octanol–water partition coefficient (Wildman–Crippen LogP) is 2.35. The van der Waals surface area contributed by atoms with Crippen molar-refractivity contribution < 1.29 is 24.0 Å². The monoisotopic (exact) mass is 403 g/mol. The van der Waals surface area contributed by atoms with Gasteiger partial charge in [0, 0.05) is 23.3 Å². The molecule has 0 spiro atoms. The van der Waals surface area contributed by atoms with Crippen LogP contribution < -0.4 is 15.0 Å². The maximum absolute atomic E-state index is 12.7. The Hall–Kier alpha value is -2.38. The first-order valence-electron chi connectivity index (χ1n) is 9.38. The van der Waals surface area contributed by atoms with Gasteiger partial charge in [-0.3, -0.25) is 4.79 Å². The minimum Gasteiger partial charge on any atom is -0.497 e. The highest BCUT2D eigenvalue weighted by Crippen LogP contribution is 2.32. The van der Waals surface area contributed by atoms with Gasteiger partial charge in [0.25, 0.3) is 5.91 Å². The summed E-state index contributed by atoms with van der Waals surface area (Å²) in [6, 6.07) is 8.49. The zero-order valence-corrected chi connectivity index (χ0v) is 17.6. The van der Waals surface area contributed by atoms with Crippen LogP contribution in [0, 0.1) is 13.8 Å². The van der Waals surface area contributed by atoms with Gasteiger partial charge in [-0.2, -0.15) is 0 Å². The van der Waals surface area contributed by atoms with E-state index in [2.05, 4.69) is 5.32 Å². The van der Waals surface area contributed by atoms with Crippen molar-refractivity contribution in [2.24, 2.45) is 0 Å². The quantitative estimate of drug-likeness (QED) is 0.664. The lowest BCUT2D eigenvalue weighted by Crippen LogP contribution is -3.13. The van der Waals surface area contributed by atoms with Crippen molar-refractivity contribution in [3.05, 3.63) is 45.8 Å². The number of esters is 1. The Morgan fingerprint density at radius 2 is 1.86 bits per heavy atom. The maximum Gasteiger partial charge on any atom is 0.341 e. The molecule has 3 rings (SSSR count). The molecule has 2 N–H and O–H groups in total. The van der Waals surface area contributed by atoms with Crippen LogP contribution in [0.1, 0.15) is 39.2 Å². The van der Waals surface area contributed by atoms with Crippen LogP contribution in [0.5, 0.6) is 5.75 Å². The number of carbonyl (C=O) groups is 2. The van der Waals surface area contributed by atoms with Crippen LogP contribution in [0.2, 0.25) is 0 Å².